The van der Waals surface area contributed by atoms with Gasteiger partial charge in [0, 0.05) is 12.6 Å². The lowest BCUT2D eigenvalue weighted by Crippen LogP contribution is -2.47. The molecule has 0 saturated carbocycles. The van der Waals surface area contributed by atoms with E-state index in [4.69, 9.17) is 0 Å². The van der Waals surface area contributed by atoms with Crippen LogP contribution >= 0.6 is 0 Å². The lowest BCUT2D eigenvalue weighted by Gasteiger charge is -2.33. The summed E-state index contributed by atoms with van der Waals surface area (Å²) in [7, 11) is 0. The summed E-state index contributed by atoms with van der Waals surface area (Å²) in [6, 6.07) is 9.85. The van der Waals surface area contributed by atoms with E-state index in [1.807, 2.05) is 35.2 Å². The highest BCUT2D eigenvalue weighted by molar-refractivity contribution is 5.85. The molecule has 108 valence electrons. The van der Waals surface area contributed by atoms with Gasteiger partial charge < -0.3 is 10.2 Å². The van der Waals surface area contributed by atoms with Crippen LogP contribution in [0.25, 0.3) is 0 Å². The van der Waals surface area contributed by atoms with Gasteiger partial charge in [-0.15, -0.1) is 0 Å². The second-order valence-electron chi connectivity index (χ2n) is 5.37. The summed E-state index contributed by atoms with van der Waals surface area (Å²) >= 11 is 0. The van der Waals surface area contributed by atoms with Crippen LogP contribution in [0.1, 0.15) is 31.7 Å². The number of benzene rings is 1. The molecule has 1 N–H and O–H groups in total. The number of rotatable bonds is 4. The molecule has 0 spiro atoms. The van der Waals surface area contributed by atoms with Crippen molar-refractivity contribution in [2.24, 2.45) is 0 Å². The maximum absolute atomic E-state index is 12.1. The fraction of sp³-hybridized carbons (Fsp3) is 0.500. The Morgan fingerprint density at radius 1 is 1.25 bits per heavy atom. The minimum atomic E-state index is -0.103. The molecule has 4 nitrogen and oxygen atoms in total. The number of hydrogen-bond acceptors (Lipinski definition) is 2. The first-order valence-corrected chi connectivity index (χ1v) is 7.27. The molecular formula is C16H22N2O2. The molecule has 0 unspecified atom stereocenters. The quantitative estimate of drug-likeness (QED) is 0.909. The Bertz CT molecular complexity index is 459. The van der Waals surface area contributed by atoms with Crippen LogP contribution in [0.5, 0.6) is 0 Å². The van der Waals surface area contributed by atoms with Crippen molar-refractivity contribution in [1.82, 2.24) is 10.2 Å². The van der Waals surface area contributed by atoms with Gasteiger partial charge in [0.15, 0.2) is 0 Å². The van der Waals surface area contributed by atoms with Crippen LogP contribution in [0.15, 0.2) is 30.3 Å². The maximum Gasteiger partial charge on any atom is 0.242 e. The molecule has 4 heteroatoms. The lowest BCUT2D eigenvalue weighted by molar-refractivity contribution is -0.135. The molecule has 20 heavy (non-hydrogen) atoms. The standard InChI is InChI=1S/C16H22N2O2/c1-13-7-5-6-10-18(13)16(20)12-17-15(19)11-14-8-3-2-4-9-14/h2-4,8-9,13H,5-7,10-12H2,1H3,(H,17,19)/t13-/m1/s1. The van der Waals surface area contributed by atoms with Crippen LogP contribution in [0.2, 0.25) is 0 Å². The van der Waals surface area contributed by atoms with E-state index in [0.717, 1.165) is 24.9 Å². The molecule has 1 aliphatic rings. The molecule has 1 atom stereocenters. The van der Waals surface area contributed by atoms with Crippen LogP contribution in [-0.2, 0) is 16.0 Å². The predicted molar refractivity (Wildman–Crippen MR) is 78.2 cm³/mol. The van der Waals surface area contributed by atoms with Crippen molar-refractivity contribution < 1.29 is 9.59 Å². The molecule has 0 radical (unpaired) electrons. The number of nitrogens with one attached hydrogen (secondary N) is 1. The van der Waals surface area contributed by atoms with Gasteiger partial charge in [0.2, 0.25) is 11.8 Å². The molecular weight excluding hydrogens is 252 g/mol. The first-order valence-electron chi connectivity index (χ1n) is 7.27. The third kappa shape index (κ3) is 4.08. The Labute approximate surface area is 120 Å². The predicted octanol–water partition coefficient (Wildman–Crippen LogP) is 1.75. The molecule has 1 aliphatic heterocycles. The molecule has 2 amide bonds. The molecule has 1 fully saturated rings. The summed E-state index contributed by atoms with van der Waals surface area (Å²) in [6.45, 7) is 2.99. The Kier molecular flexibility index (Phi) is 5.16. The van der Waals surface area contributed by atoms with Gasteiger partial charge in [-0.05, 0) is 31.7 Å². The van der Waals surface area contributed by atoms with Crippen LogP contribution in [-0.4, -0.2) is 35.8 Å². The topological polar surface area (TPSA) is 49.4 Å². The number of carbonyl (C=O) groups excluding carboxylic acids is 2. The smallest absolute Gasteiger partial charge is 0.242 e. The average molecular weight is 274 g/mol. The summed E-state index contributed by atoms with van der Waals surface area (Å²) < 4.78 is 0. The Balaban J connectivity index is 1.76. The highest BCUT2D eigenvalue weighted by Gasteiger charge is 2.22. The fourth-order valence-corrected chi connectivity index (χ4v) is 2.59. The first-order chi connectivity index (χ1) is 9.66. The third-order valence-electron chi connectivity index (χ3n) is 3.77. The van der Waals surface area contributed by atoms with E-state index in [2.05, 4.69) is 12.2 Å². The van der Waals surface area contributed by atoms with Crippen molar-refractivity contribution in [1.29, 1.82) is 0 Å². The van der Waals surface area contributed by atoms with Gasteiger partial charge in [-0.3, -0.25) is 9.59 Å². The van der Waals surface area contributed by atoms with E-state index in [1.54, 1.807) is 0 Å². The van der Waals surface area contributed by atoms with Crippen molar-refractivity contribution >= 4 is 11.8 Å². The summed E-state index contributed by atoms with van der Waals surface area (Å²) in [5, 5.41) is 2.72. The van der Waals surface area contributed by atoms with E-state index >= 15 is 0 Å². The van der Waals surface area contributed by atoms with E-state index in [-0.39, 0.29) is 18.4 Å². The van der Waals surface area contributed by atoms with Gasteiger partial charge in [-0.2, -0.15) is 0 Å². The molecule has 1 aromatic rings. The van der Waals surface area contributed by atoms with Gasteiger partial charge in [-0.1, -0.05) is 30.3 Å². The molecule has 2 rings (SSSR count). The van der Waals surface area contributed by atoms with Gasteiger partial charge >= 0.3 is 0 Å². The summed E-state index contributed by atoms with van der Waals surface area (Å²) in [5.74, 6) is -0.0761. The molecule has 0 bridgehead atoms. The highest BCUT2D eigenvalue weighted by atomic mass is 16.2. The van der Waals surface area contributed by atoms with Crippen molar-refractivity contribution in [3.63, 3.8) is 0 Å². The van der Waals surface area contributed by atoms with Crippen LogP contribution in [0.3, 0.4) is 0 Å². The Morgan fingerprint density at radius 2 is 2.00 bits per heavy atom. The normalized spacial score (nSPS) is 18.6. The zero-order chi connectivity index (χ0) is 14.4. The molecule has 1 heterocycles. The van der Waals surface area contributed by atoms with Crippen molar-refractivity contribution in [3.8, 4) is 0 Å². The minimum absolute atomic E-state index is 0.0265. The van der Waals surface area contributed by atoms with E-state index in [9.17, 15) is 9.59 Å². The summed E-state index contributed by atoms with van der Waals surface area (Å²) in [6.07, 6.45) is 3.63. The van der Waals surface area contributed by atoms with E-state index < -0.39 is 0 Å². The Hall–Kier alpha value is -1.84. The molecule has 0 aliphatic carbocycles. The van der Waals surface area contributed by atoms with Gasteiger partial charge in [0.25, 0.3) is 0 Å². The molecule has 1 saturated heterocycles. The van der Waals surface area contributed by atoms with Crippen LogP contribution in [0, 0.1) is 0 Å². The highest BCUT2D eigenvalue weighted by Crippen LogP contribution is 2.15. The summed E-state index contributed by atoms with van der Waals surface area (Å²) in [4.78, 5) is 25.8. The zero-order valence-corrected chi connectivity index (χ0v) is 12.0. The van der Waals surface area contributed by atoms with Gasteiger partial charge in [0.1, 0.15) is 0 Å². The number of likely N-dealkylation sites (tertiary alicyclic amines) is 1. The number of piperidine rings is 1. The average Bonchev–Trinajstić information content (AvgIpc) is 2.46. The second-order valence-corrected chi connectivity index (χ2v) is 5.37. The fourth-order valence-electron chi connectivity index (χ4n) is 2.59. The minimum Gasteiger partial charge on any atom is -0.347 e. The van der Waals surface area contributed by atoms with Crippen molar-refractivity contribution in [3.05, 3.63) is 35.9 Å². The van der Waals surface area contributed by atoms with Crippen molar-refractivity contribution in [2.45, 2.75) is 38.6 Å². The monoisotopic (exact) mass is 274 g/mol. The second kappa shape index (κ2) is 7.08. The van der Waals surface area contributed by atoms with Crippen LogP contribution < -0.4 is 5.32 Å². The SMILES string of the molecule is C[C@@H]1CCCCN1C(=O)CNC(=O)Cc1ccccc1. The summed E-state index contributed by atoms with van der Waals surface area (Å²) in [5.41, 5.74) is 0.962. The number of hydrogen-bond donors (Lipinski definition) is 1. The maximum atomic E-state index is 12.1. The molecule has 1 aromatic carbocycles. The van der Waals surface area contributed by atoms with E-state index in [0.29, 0.717) is 12.5 Å². The number of nitrogens with zero attached hydrogens (tertiary/aromatic N) is 1. The first kappa shape index (κ1) is 14.6. The van der Waals surface area contributed by atoms with Crippen molar-refractivity contribution in [2.75, 3.05) is 13.1 Å². The zero-order valence-electron chi connectivity index (χ0n) is 12.0. The lowest BCUT2D eigenvalue weighted by atomic mass is 10.0. The third-order valence-corrected chi connectivity index (χ3v) is 3.77. The Morgan fingerprint density at radius 3 is 2.70 bits per heavy atom. The number of amides is 2. The van der Waals surface area contributed by atoms with Crippen LogP contribution in [0.4, 0.5) is 0 Å². The van der Waals surface area contributed by atoms with Gasteiger partial charge in [-0.25, -0.2) is 0 Å². The number of carbonyl (C=O) groups is 2. The van der Waals surface area contributed by atoms with Gasteiger partial charge in [0.05, 0.1) is 13.0 Å². The molecule has 0 aromatic heterocycles. The largest absolute Gasteiger partial charge is 0.347 e. The van der Waals surface area contributed by atoms with E-state index in [1.165, 1.54) is 6.42 Å².